The predicted octanol–water partition coefficient (Wildman–Crippen LogP) is 4.37. The van der Waals surface area contributed by atoms with E-state index in [1.807, 2.05) is 7.05 Å². The van der Waals surface area contributed by atoms with Crippen molar-refractivity contribution in [1.82, 2.24) is 15.1 Å². The van der Waals surface area contributed by atoms with Crippen molar-refractivity contribution in [3.63, 3.8) is 0 Å². The van der Waals surface area contributed by atoms with Gasteiger partial charge in [-0.3, -0.25) is 4.90 Å². The molecule has 1 aliphatic carbocycles. The van der Waals surface area contributed by atoms with E-state index in [4.69, 9.17) is 0 Å². The minimum atomic E-state index is 0.00222. The number of hydrogen-bond acceptors (Lipinski definition) is 5. The van der Waals surface area contributed by atoms with Crippen LogP contribution in [0.15, 0.2) is 48.5 Å². The zero-order valence-electron chi connectivity index (χ0n) is 22.5. The van der Waals surface area contributed by atoms with E-state index >= 15 is 0 Å². The van der Waals surface area contributed by atoms with Crippen LogP contribution in [0.5, 0.6) is 0 Å². The van der Waals surface area contributed by atoms with Gasteiger partial charge in [-0.25, -0.2) is 0 Å². The van der Waals surface area contributed by atoms with Crippen molar-refractivity contribution in [1.29, 1.82) is 0 Å². The van der Waals surface area contributed by atoms with Gasteiger partial charge in [0, 0.05) is 13.1 Å². The molecule has 5 nitrogen and oxygen atoms in total. The molecule has 3 rings (SSSR count). The first-order valence-electron chi connectivity index (χ1n) is 12.9. The first-order valence-corrected chi connectivity index (χ1v) is 12.9. The van der Waals surface area contributed by atoms with Crippen molar-refractivity contribution in [3.05, 3.63) is 70.8 Å². The zero-order valence-corrected chi connectivity index (χ0v) is 22.5. The molecule has 0 bridgehead atoms. The summed E-state index contributed by atoms with van der Waals surface area (Å²) in [6, 6.07) is 17.1. The first-order chi connectivity index (χ1) is 16.9. The van der Waals surface area contributed by atoms with Crippen molar-refractivity contribution in [2.75, 3.05) is 28.2 Å². The van der Waals surface area contributed by atoms with Gasteiger partial charge in [0.2, 0.25) is 0 Å². The lowest BCUT2D eigenvalue weighted by Gasteiger charge is -2.29. The maximum Gasteiger partial charge on any atom is 0.137 e. The fourth-order valence-corrected chi connectivity index (χ4v) is 5.19. The monoisotopic (exact) mass is 479 g/mol. The minimum absolute atomic E-state index is 0.00222. The highest BCUT2D eigenvalue weighted by molar-refractivity contribution is 5.59. The number of nitrogens with zero attached hydrogens (tertiary/aromatic N) is 2. The van der Waals surface area contributed by atoms with Crippen molar-refractivity contribution < 1.29 is 9.59 Å². The molecular weight excluding hydrogens is 434 g/mol. The molecule has 0 spiro atoms. The Hall–Kier alpha value is -2.34. The van der Waals surface area contributed by atoms with E-state index in [0.29, 0.717) is 11.8 Å². The Labute approximate surface area is 212 Å². The van der Waals surface area contributed by atoms with Gasteiger partial charge in [0.1, 0.15) is 12.6 Å². The van der Waals surface area contributed by atoms with E-state index in [0.717, 1.165) is 51.3 Å². The van der Waals surface area contributed by atoms with Crippen LogP contribution in [0.3, 0.4) is 0 Å². The molecule has 2 aromatic carbocycles. The Morgan fingerprint density at radius 3 is 1.91 bits per heavy atom. The molecule has 2 unspecified atom stereocenters. The van der Waals surface area contributed by atoms with E-state index in [1.165, 1.54) is 22.3 Å². The molecule has 192 valence electrons. The number of hydrogen-bond donors (Lipinski definition) is 1. The largest absolute Gasteiger partial charge is 0.311 e. The Morgan fingerprint density at radius 1 is 0.886 bits per heavy atom. The summed E-state index contributed by atoms with van der Waals surface area (Å²) in [6.45, 7) is 6.09. The Morgan fingerprint density at radius 2 is 1.46 bits per heavy atom. The molecule has 0 radical (unpaired) electrons. The topological polar surface area (TPSA) is 52.7 Å². The second-order valence-corrected chi connectivity index (χ2v) is 10.1. The molecule has 0 saturated heterocycles. The van der Waals surface area contributed by atoms with Crippen LogP contribution in [0.2, 0.25) is 0 Å². The van der Waals surface area contributed by atoms with Gasteiger partial charge in [-0.2, -0.15) is 0 Å². The Bertz CT molecular complexity index is 885. The third-order valence-corrected chi connectivity index (χ3v) is 7.17. The van der Waals surface area contributed by atoms with Crippen LogP contribution in [-0.4, -0.2) is 62.6 Å². The molecule has 0 saturated carbocycles. The number of rotatable bonds is 12. The lowest BCUT2D eigenvalue weighted by molar-refractivity contribution is -0.114. The van der Waals surface area contributed by atoms with Gasteiger partial charge in [-0.05, 0) is 75.1 Å². The molecule has 2 atom stereocenters. The van der Waals surface area contributed by atoms with E-state index in [2.05, 4.69) is 98.6 Å². The molecule has 2 aromatic rings. The van der Waals surface area contributed by atoms with Crippen LogP contribution in [-0.2, 0) is 35.5 Å². The lowest BCUT2D eigenvalue weighted by atomic mass is 9.94. The Balaban J connectivity index is 0.000000266. The molecule has 0 aromatic heterocycles. The molecule has 1 N–H and O–H groups in total. The van der Waals surface area contributed by atoms with Crippen LogP contribution >= 0.6 is 0 Å². The van der Waals surface area contributed by atoms with Gasteiger partial charge in [0.25, 0.3) is 0 Å². The molecule has 1 aliphatic rings. The molecule has 0 aliphatic heterocycles. The van der Waals surface area contributed by atoms with Crippen LogP contribution in [0.25, 0.3) is 0 Å². The van der Waals surface area contributed by atoms with Gasteiger partial charge in [0.05, 0.1) is 12.1 Å². The fraction of sp³-hybridized carbons (Fsp3) is 0.533. The lowest BCUT2D eigenvalue weighted by Crippen LogP contribution is -2.38. The van der Waals surface area contributed by atoms with Crippen LogP contribution < -0.4 is 5.32 Å². The molecular formula is C30H45N3O2. The number of carbonyl (C=O) groups excluding carboxylic acids is 2. The number of likely N-dealkylation sites (N-methyl/N-ethyl adjacent to an activating group) is 2. The molecule has 0 amide bonds. The summed E-state index contributed by atoms with van der Waals surface area (Å²) in [5, 5.41) is 3.06. The minimum Gasteiger partial charge on any atom is -0.311 e. The third kappa shape index (κ3) is 8.68. The zero-order chi connectivity index (χ0) is 25.8. The maximum atomic E-state index is 11.5. The normalized spacial score (nSPS) is 15.0. The smallest absolute Gasteiger partial charge is 0.137 e. The first kappa shape index (κ1) is 28.9. The average molecular weight is 480 g/mol. The summed E-state index contributed by atoms with van der Waals surface area (Å²) < 4.78 is 0. The van der Waals surface area contributed by atoms with E-state index in [1.54, 1.807) is 0 Å². The van der Waals surface area contributed by atoms with Crippen LogP contribution in [0.4, 0.5) is 0 Å². The maximum absolute atomic E-state index is 11.5. The summed E-state index contributed by atoms with van der Waals surface area (Å²) in [6.07, 6.45) is 6.29. The van der Waals surface area contributed by atoms with Crippen molar-refractivity contribution in [3.8, 4) is 0 Å². The van der Waals surface area contributed by atoms with Gasteiger partial charge in [0.15, 0.2) is 0 Å². The van der Waals surface area contributed by atoms with E-state index in [-0.39, 0.29) is 12.1 Å². The molecule has 0 heterocycles. The van der Waals surface area contributed by atoms with Crippen LogP contribution in [0.1, 0.15) is 48.9 Å². The van der Waals surface area contributed by atoms with Gasteiger partial charge in [-0.15, -0.1) is 0 Å². The van der Waals surface area contributed by atoms with E-state index in [9.17, 15) is 9.59 Å². The predicted molar refractivity (Wildman–Crippen MR) is 145 cm³/mol. The molecule has 0 fully saturated rings. The number of carbonyl (C=O) groups is 2. The van der Waals surface area contributed by atoms with E-state index < -0.39 is 0 Å². The highest BCUT2D eigenvalue weighted by Gasteiger charge is 2.27. The summed E-state index contributed by atoms with van der Waals surface area (Å²) in [5.41, 5.74) is 5.39. The molecule has 35 heavy (non-hydrogen) atoms. The van der Waals surface area contributed by atoms with Crippen molar-refractivity contribution >= 4 is 12.6 Å². The Kier molecular flexibility index (Phi) is 12.3. The fourth-order valence-electron chi connectivity index (χ4n) is 5.19. The van der Waals surface area contributed by atoms with Crippen molar-refractivity contribution in [2.45, 2.75) is 64.7 Å². The van der Waals surface area contributed by atoms with Gasteiger partial charge in [-0.1, -0.05) is 75.2 Å². The number of nitrogens with one attached hydrogen (secondary N) is 1. The summed E-state index contributed by atoms with van der Waals surface area (Å²) >= 11 is 0. The highest BCUT2D eigenvalue weighted by Crippen LogP contribution is 2.28. The standard InChI is InChI=1S/C18H30N2O.C12H15NO/c1-6-17(7-2)18(14-21)20(5)13-16-10-8-9-15(11-16)12-19(3)4;1-13-12(8-14)11-6-9-4-2-3-5-10(9)7-11/h8-11,14,17-18H,6-7,12-13H2,1-5H3;2-5,8,11-13H,6-7H2,1H3. The summed E-state index contributed by atoms with van der Waals surface area (Å²) in [4.78, 5) is 26.6. The van der Waals surface area contributed by atoms with Gasteiger partial charge < -0.3 is 19.8 Å². The average Bonchev–Trinajstić information content (AvgIpc) is 3.27. The number of benzene rings is 2. The molecule has 5 heteroatoms. The SMILES string of the molecule is CCC(CC)C(C=O)N(C)Cc1cccc(CN(C)C)c1.CNC(C=O)C1Cc2ccccc2C1. The second kappa shape index (κ2) is 14.9. The second-order valence-electron chi connectivity index (χ2n) is 10.1. The number of aldehydes is 2. The van der Waals surface area contributed by atoms with Crippen LogP contribution in [0, 0.1) is 11.8 Å². The quantitative estimate of drug-likeness (QED) is 0.458. The van der Waals surface area contributed by atoms with Crippen molar-refractivity contribution in [2.24, 2.45) is 11.8 Å². The third-order valence-electron chi connectivity index (χ3n) is 7.17. The number of fused-ring (bicyclic) bond motifs is 1. The summed E-state index contributed by atoms with van der Waals surface area (Å²) in [5.74, 6) is 0.882. The van der Waals surface area contributed by atoms with Gasteiger partial charge >= 0.3 is 0 Å². The highest BCUT2D eigenvalue weighted by atomic mass is 16.1. The summed E-state index contributed by atoms with van der Waals surface area (Å²) in [7, 11) is 8.06.